The lowest BCUT2D eigenvalue weighted by molar-refractivity contribution is -0.0500. The van der Waals surface area contributed by atoms with Crippen molar-refractivity contribution in [2.75, 3.05) is 0 Å². The number of benzene rings is 1. The van der Waals surface area contributed by atoms with Crippen molar-refractivity contribution in [2.45, 2.75) is 13.0 Å². The zero-order chi connectivity index (χ0) is 9.84. The molecular formula is C8H5F4O. The Kier molecular flexibility index (Phi) is 3.11. The first-order valence-electron chi connectivity index (χ1n) is 3.34. The van der Waals surface area contributed by atoms with E-state index in [1.807, 2.05) is 0 Å². The van der Waals surface area contributed by atoms with E-state index < -0.39 is 18.6 Å². The van der Waals surface area contributed by atoms with Crippen LogP contribution < -0.4 is 4.74 Å². The van der Waals surface area contributed by atoms with Gasteiger partial charge in [-0.2, -0.15) is 8.78 Å². The highest BCUT2D eigenvalue weighted by Gasteiger charge is 2.10. The third kappa shape index (κ3) is 2.93. The van der Waals surface area contributed by atoms with E-state index in [0.717, 1.165) is 18.2 Å². The summed E-state index contributed by atoms with van der Waals surface area (Å²) in [5.74, 6) is -0.288. The van der Waals surface area contributed by atoms with Crippen molar-refractivity contribution in [3.63, 3.8) is 0 Å². The molecule has 1 radical (unpaired) electrons. The Morgan fingerprint density at radius 3 is 2.46 bits per heavy atom. The third-order valence-electron chi connectivity index (χ3n) is 1.26. The monoisotopic (exact) mass is 193 g/mol. The fourth-order valence-electron chi connectivity index (χ4n) is 0.765. The Morgan fingerprint density at radius 2 is 1.92 bits per heavy atom. The molecule has 0 heterocycles. The number of rotatable bonds is 3. The van der Waals surface area contributed by atoms with Crippen molar-refractivity contribution in [1.82, 2.24) is 0 Å². The smallest absolute Gasteiger partial charge is 0.387 e. The first-order valence-corrected chi connectivity index (χ1v) is 3.34. The average molecular weight is 193 g/mol. The lowest BCUT2D eigenvalue weighted by atomic mass is 10.2. The molecule has 0 unspecified atom stereocenters. The summed E-state index contributed by atoms with van der Waals surface area (Å²) in [6.45, 7) is -3.01. The maximum Gasteiger partial charge on any atom is 0.387 e. The van der Waals surface area contributed by atoms with Gasteiger partial charge in [-0.3, -0.25) is 0 Å². The molecule has 5 heteroatoms. The Bertz CT molecular complexity index is 275. The van der Waals surface area contributed by atoms with Gasteiger partial charge in [-0.25, -0.2) is 8.78 Å². The van der Waals surface area contributed by atoms with Crippen molar-refractivity contribution in [3.8, 4) is 5.75 Å². The molecule has 0 aliphatic heterocycles. The molecule has 0 fully saturated rings. The number of hydrogen-bond donors (Lipinski definition) is 0. The van der Waals surface area contributed by atoms with Gasteiger partial charge in [0.25, 0.3) is 6.43 Å². The van der Waals surface area contributed by atoms with Crippen LogP contribution in [-0.4, -0.2) is 6.61 Å². The predicted octanol–water partition coefficient (Wildman–Crippen LogP) is 3.03. The summed E-state index contributed by atoms with van der Waals surface area (Å²) in [6.07, 6.45) is -2.73. The second-order valence-electron chi connectivity index (χ2n) is 2.16. The minimum Gasteiger partial charge on any atom is -0.435 e. The van der Waals surface area contributed by atoms with E-state index >= 15 is 0 Å². The first kappa shape index (κ1) is 9.83. The van der Waals surface area contributed by atoms with Gasteiger partial charge >= 0.3 is 6.61 Å². The van der Waals surface area contributed by atoms with Gasteiger partial charge in [0, 0.05) is 5.56 Å². The highest BCUT2D eigenvalue weighted by molar-refractivity contribution is 5.28. The van der Waals surface area contributed by atoms with E-state index in [2.05, 4.69) is 10.8 Å². The molecule has 0 atom stereocenters. The van der Waals surface area contributed by atoms with Crippen LogP contribution in [0.3, 0.4) is 0 Å². The molecular weight excluding hydrogens is 188 g/mol. The van der Waals surface area contributed by atoms with Crippen LogP contribution in [0.1, 0.15) is 12.0 Å². The summed E-state index contributed by atoms with van der Waals surface area (Å²) in [5, 5.41) is 0. The summed E-state index contributed by atoms with van der Waals surface area (Å²) in [6, 6.07) is 5.28. The summed E-state index contributed by atoms with van der Waals surface area (Å²) in [5.41, 5.74) is -0.460. The molecule has 13 heavy (non-hydrogen) atoms. The maximum absolute atomic E-state index is 12.0. The lowest BCUT2D eigenvalue weighted by Gasteiger charge is -2.05. The summed E-state index contributed by atoms with van der Waals surface area (Å²) < 4.78 is 51.2. The molecule has 0 aromatic heterocycles. The molecule has 1 aromatic carbocycles. The molecule has 1 aromatic rings. The third-order valence-corrected chi connectivity index (χ3v) is 1.26. The van der Waals surface area contributed by atoms with Crippen LogP contribution in [0.15, 0.2) is 18.2 Å². The lowest BCUT2D eigenvalue weighted by Crippen LogP contribution is -2.02. The quantitative estimate of drug-likeness (QED) is 0.670. The number of hydrogen-bond acceptors (Lipinski definition) is 1. The molecule has 1 rings (SSSR count). The van der Waals surface area contributed by atoms with Crippen molar-refractivity contribution in [2.24, 2.45) is 0 Å². The topological polar surface area (TPSA) is 9.23 Å². The van der Waals surface area contributed by atoms with Crippen LogP contribution in [-0.2, 0) is 0 Å². The molecule has 0 saturated carbocycles. The van der Waals surface area contributed by atoms with E-state index in [1.165, 1.54) is 0 Å². The van der Waals surface area contributed by atoms with Gasteiger partial charge in [-0.15, -0.1) is 0 Å². The van der Waals surface area contributed by atoms with Crippen LogP contribution in [0.4, 0.5) is 17.6 Å². The van der Waals surface area contributed by atoms with Gasteiger partial charge in [0.05, 0.1) is 0 Å². The molecule has 0 aliphatic rings. The summed E-state index contributed by atoms with van der Waals surface area (Å²) in [4.78, 5) is 0. The summed E-state index contributed by atoms with van der Waals surface area (Å²) >= 11 is 0. The average Bonchev–Trinajstić information content (AvgIpc) is 2.03. The fourth-order valence-corrected chi connectivity index (χ4v) is 0.765. The van der Waals surface area contributed by atoms with Gasteiger partial charge in [0.2, 0.25) is 0 Å². The first-order chi connectivity index (χ1) is 6.09. The van der Waals surface area contributed by atoms with E-state index in [1.54, 1.807) is 0 Å². The molecule has 1 nitrogen and oxygen atoms in total. The Morgan fingerprint density at radius 1 is 1.23 bits per heavy atom. The Balaban J connectivity index is 2.79. The van der Waals surface area contributed by atoms with E-state index in [9.17, 15) is 17.6 Å². The predicted molar refractivity (Wildman–Crippen MR) is 36.9 cm³/mol. The molecule has 0 spiro atoms. The zero-order valence-electron chi connectivity index (χ0n) is 6.31. The second-order valence-corrected chi connectivity index (χ2v) is 2.16. The zero-order valence-corrected chi connectivity index (χ0v) is 6.31. The minimum absolute atomic E-state index is 0.288. The Labute approximate surface area is 71.9 Å². The van der Waals surface area contributed by atoms with Crippen molar-refractivity contribution >= 4 is 0 Å². The second kappa shape index (κ2) is 4.11. The standard InChI is InChI=1S/C8H5F4O/c9-7(10)5-2-1-3-6(4-5)13-8(11)12/h1,3-4,7-8H. The normalized spacial score (nSPS) is 10.9. The van der Waals surface area contributed by atoms with Crippen LogP contribution in [0.2, 0.25) is 0 Å². The minimum atomic E-state index is -3.01. The van der Waals surface area contributed by atoms with Crippen LogP contribution >= 0.6 is 0 Å². The molecule has 0 N–H and O–H groups in total. The molecule has 71 valence electrons. The molecule has 0 bridgehead atoms. The van der Waals surface area contributed by atoms with Gasteiger partial charge < -0.3 is 4.74 Å². The number of halogens is 4. The van der Waals surface area contributed by atoms with E-state index in [-0.39, 0.29) is 5.75 Å². The van der Waals surface area contributed by atoms with Gasteiger partial charge in [0.1, 0.15) is 5.75 Å². The van der Waals surface area contributed by atoms with Crippen LogP contribution in [0.25, 0.3) is 0 Å². The largest absolute Gasteiger partial charge is 0.435 e. The van der Waals surface area contributed by atoms with Crippen molar-refractivity contribution in [3.05, 3.63) is 29.8 Å². The van der Waals surface area contributed by atoms with Crippen LogP contribution in [0.5, 0.6) is 5.75 Å². The number of ether oxygens (including phenoxy) is 1. The van der Waals surface area contributed by atoms with E-state index in [0.29, 0.717) is 0 Å². The van der Waals surface area contributed by atoms with Crippen molar-refractivity contribution in [1.29, 1.82) is 0 Å². The molecule has 0 aliphatic carbocycles. The van der Waals surface area contributed by atoms with Crippen LogP contribution in [0, 0.1) is 6.07 Å². The maximum atomic E-state index is 12.0. The SMILES string of the molecule is FC(F)Oc1cc[c]c(C(F)F)c1. The van der Waals surface area contributed by atoms with Gasteiger partial charge in [-0.05, 0) is 18.2 Å². The van der Waals surface area contributed by atoms with Gasteiger partial charge in [0.15, 0.2) is 0 Å². The Hall–Kier alpha value is -1.26. The fraction of sp³-hybridized carbons (Fsp3) is 0.250. The molecule has 0 saturated heterocycles. The molecule has 0 amide bonds. The highest BCUT2D eigenvalue weighted by Crippen LogP contribution is 2.23. The summed E-state index contributed by atoms with van der Waals surface area (Å²) in [7, 11) is 0. The van der Waals surface area contributed by atoms with Gasteiger partial charge in [-0.1, -0.05) is 6.07 Å². The highest BCUT2D eigenvalue weighted by atomic mass is 19.3. The number of alkyl halides is 4. The van der Waals surface area contributed by atoms with Crippen molar-refractivity contribution < 1.29 is 22.3 Å². The van der Waals surface area contributed by atoms with E-state index in [4.69, 9.17) is 0 Å².